The van der Waals surface area contributed by atoms with E-state index < -0.39 is 0 Å². The minimum Gasteiger partial charge on any atom is -0.460 e. The molecule has 0 aromatic carbocycles. The average molecular weight is 305 g/mol. The van der Waals surface area contributed by atoms with Crippen LogP contribution in [0.2, 0.25) is 0 Å². The number of hydrogen-bond acceptors (Lipinski definition) is 2. The first kappa shape index (κ1) is 15.0. The van der Waals surface area contributed by atoms with E-state index in [1.165, 1.54) is 12.8 Å². The Morgan fingerprint density at radius 3 is 2.41 bits per heavy atom. The van der Waals surface area contributed by atoms with Gasteiger partial charge in [0.25, 0.3) is 0 Å². The van der Waals surface area contributed by atoms with E-state index in [1.54, 1.807) is 0 Å². The zero-order valence-electron chi connectivity index (χ0n) is 11.3. The van der Waals surface area contributed by atoms with Crippen molar-refractivity contribution in [1.82, 2.24) is 0 Å². The van der Waals surface area contributed by atoms with Crippen LogP contribution in [-0.4, -0.2) is 16.9 Å². The third kappa shape index (κ3) is 5.89. The van der Waals surface area contributed by atoms with E-state index in [1.807, 2.05) is 20.8 Å². The third-order valence-electron chi connectivity index (χ3n) is 3.30. The Hall–Kier alpha value is -0.0500. The number of halogens is 1. The zero-order valence-corrected chi connectivity index (χ0v) is 12.9. The fourth-order valence-corrected chi connectivity index (χ4v) is 2.97. The van der Waals surface area contributed by atoms with Crippen molar-refractivity contribution >= 4 is 21.9 Å². The monoisotopic (exact) mass is 304 g/mol. The van der Waals surface area contributed by atoms with Crippen LogP contribution in [-0.2, 0) is 9.53 Å². The number of hydrogen-bond donors (Lipinski definition) is 0. The van der Waals surface area contributed by atoms with Crippen LogP contribution in [0.5, 0.6) is 0 Å². The van der Waals surface area contributed by atoms with Gasteiger partial charge in [0.05, 0.1) is 5.92 Å². The van der Waals surface area contributed by atoms with Crippen molar-refractivity contribution in [1.29, 1.82) is 0 Å². The van der Waals surface area contributed by atoms with E-state index in [0.29, 0.717) is 0 Å². The molecule has 17 heavy (non-hydrogen) atoms. The molecule has 3 heteroatoms. The summed E-state index contributed by atoms with van der Waals surface area (Å²) in [6.07, 6.45) is 6.85. The predicted octanol–water partition coefficient (Wildman–Crippen LogP) is 4.31. The Morgan fingerprint density at radius 1 is 1.18 bits per heavy atom. The van der Waals surface area contributed by atoms with E-state index in [0.717, 1.165) is 36.9 Å². The first-order valence-electron chi connectivity index (χ1n) is 6.71. The Morgan fingerprint density at radius 2 is 1.82 bits per heavy atom. The summed E-state index contributed by atoms with van der Waals surface area (Å²) in [5, 5.41) is 1.06. The molecule has 0 aromatic rings. The minimum absolute atomic E-state index is 0.00715. The summed E-state index contributed by atoms with van der Waals surface area (Å²) >= 11 is 3.56. The summed E-state index contributed by atoms with van der Waals surface area (Å²) in [4.78, 5) is 12.0. The number of esters is 1. The van der Waals surface area contributed by atoms with Crippen molar-refractivity contribution in [2.45, 2.75) is 64.9 Å². The fourth-order valence-electron chi connectivity index (χ4n) is 2.32. The van der Waals surface area contributed by atoms with Crippen LogP contribution in [0.1, 0.15) is 59.3 Å². The normalized spacial score (nSPS) is 27.1. The van der Waals surface area contributed by atoms with Gasteiger partial charge in [0, 0.05) is 5.33 Å². The smallest absolute Gasteiger partial charge is 0.309 e. The standard InChI is InChI=1S/C14H25BrO2/c1-14(2,3)17-13(16)12-7-5-4-6-11(10-15)8-9-12/h11-12H,4-10H2,1-3H3. The van der Waals surface area contributed by atoms with Crippen LogP contribution in [0.3, 0.4) is 0 Å². The van der Waals surface area contributed by atoms with Crippen LogP contribution < -0.4 is 0 Å². The fraction of sp³-hybridized carbons (Fsp3) is 0.929. The van der Waals surface area contributed by atoms with Gasteiger partial charge in [-0.15, -0.1) is 0 Å². The molecule has 1 saturated carbocycles. The first-order valence-corrected chi connectivity index (χ1v) is 7.83. The molecule has 1 aliphatic rings. The molecular formula is C14H25BrO2. The number of carbonyl (C=O) groups is 1. The largest absolute Gasteiger partial charge is 0.460 e. The summed E-state index contributed by atoms with van der Waals surface area (Å²) in [5.74, 6) is 0.865. The lowest BCUT2D eigenvalue weighted by Crippen LogP contribution is -2.29. The van der Waals surface area contributed by atoms with E-state index in [-0.39, 0.29) is 17.5 Å². The Balaban J connectivity index is 2.48. The van der Waals surface area contributed by atoms with Crippen LogP contribution in [0, 0.1) is 11.8 Å². The van der Waals surface area contributed by atoms with Crippen LogP contribution >= 0.6 is 15.9 Å². The molecule has 0 bridgehead atoms. The van der Waals surface area contributed by atoms with Gasteiger partial charge in [-0.1, -0.05) is 28.8 Å². The number of rotatable bonds is 2. The highest BCUT2D eigenvalue weighted by molar-refractivity contribution is 9.09. The maximum atomic E-state index is 12.0. The summed E-state index contributed by atoms with van der Waals surface area (Å²) in [6.45, 7) is 5.82. The highest BCUT2D eigenvalue weighted by Gasteiger charge is 2.26. The van der Waals surface area contributed by atoms with E-state index in [2.05, 4.69) is 15.9 Å². The van der Waals surface area contributed by atoms with Gasteiger partial charge in [-0.05, 0) is 52.4 Å². The quantitative estimate of drug-likeness (QED) is 0.561. The van der Waals surface area contributed by atoms with Crippen molar-refractivity contribution in [2.75, 3.05) is 5.33 Å². The second-order valence-corrected chi connectivity index (χ2v) is 6.76. The highest BCUT2D eigenvalue weighted by Crippen LogP contribution is 2.29. The molecule has 1 aliphatic carbocycles. The van der Waals surface area contributed by atoms with Gasteiger partial charge < -0.3 is 4.74 Å². The maximum absolute atomic E-state index is 12.0. The summed E-state index contributed by atoms with van der Waals surface area (Å²) in [7, 11) is 0. The lowest BCUT2D eigenvalue weighted by atomic mass is 9.86. The molecule has 0 heterocycles. The minimum atomic E-state index is -0.353. The van der Waals surface area contributed by atoms with Gasteiger partial charge in [-0.2, -0.15) is 0 Å². The van der Waals surface area contributed by atoms with Gasteiger partial charge in [0.15, 0.2) is 0 Å². The van der Waals surface area contributed by atoms with Crippen molar-refractivity contribution in [3.8, 4) is 0 Å². The molecule has 100 valence electrons. The second-order valence-electron chi connectivity index (χ2n) is 6.11. The molecule has 0 amide bonds. The summed E-state index contributed by atoms with van der Waals surface area (Å²) < 4.78 is 5.49. The number of ether oxygens (including phenoxy) is 1. The second kappa shape index (κ2) is 6.77. The molecule has 1 rings (SSSR count). The van der Waals surface area contributed by atoms with Crippen LogP contribution in [0.4, 0.5) is 0 Å². The highest BCUT2D eigenvalue weighted by atomic mass is 79.9. The zero-order chi connectivity index (χ0) is 12.9. The van der Waals surface area contributed by atoms with Gasteiger partial charge >= 0.3 is 5.97 Å². The summed E-state index contributed by atoms with van der Waals surface area (Å²) in [5.41, 5.74) is -0.353. The van der Waals surface area contributed by atoms with Crippen molar-refractivity contribution in [3.63, 3.8) is 0 Å². The van der Waals surface area contributed by atoms with E-state index >= 15 is 0 Å². The lowest BCUT2D eigenvalue weighted by molar-refractivity contribution is -0.160. The van der Waals surface area contributed by atoms with E-state index in [9.17, 15) is 4.79 Å². The SMILES string of the molecule is CC(C)(C)OC(=O)C1CCCCC(CBr)CC1. The van der Waals surface area contributed by atoms with Crippen molar-refractivity contribution in [3.05, 3.63) is 0 Å². The molecule has 0 aromatic heterocycles. The van der Waals surface area contributed by atoms with Crippen LogP contribution in [0.25, 0.3) is 0 Å². The predicted molar refractivity (Wildman–Crippen MR) is 74.3 cm³/mol. The topological polar surface area (TPSA) is 26.3 Å². The molecule has 2 unspecified atom stereocenters. The van der Waals surface area contributed by atoms with Crippen molar-refractivity contribution in [2.24, 2.45) is 11.8 Å². The molecule has 0 saturated heterocycles. The van der Waals surface area contributed by atoms with Gasteiger partial charge in [-0.3, -0.25) is 4.79 Å². The van der Waals surface area contributed by atoms with Crippen LogP contribution in [0.15, 0.2) is 0 Å². The molecule has 0 radical (unpaired) electrons. The number of alkyl halides is 1. The molecular weight excluding hydrogens is 280 g/mol. The van der Waals surface area contributed by atoms with E-state index in [4.69, 9.17) is 4.74 Å². The lowest BCUT2D eigenvalue weighted by Gasteiger charge is -2.26. The average Bonchev–Trinajstić information content (AvgIpc) is 2.14. The Bertz CT molecular complexity index is 245. The molecule has 0 aliphatic heterocycles. The number of carbonyl (C=O) groups excluding carboxylic acids is 1. The molecule has 2 nitrogen and oxygen atoms in total. The first-order chi connectivity index (χ1) is 7.92. The summed E-state index contributed by atoms with van der Waals surface area (Å²) in [6, 6.07) is 0. The molecule has 1 fully saturated rings. The maximum Gasteiger partial charge on any atom is 0.309 e. The third-order valence-corrected chi connectivity index (χ3v) is 4.21. The van der Waals surface area contributed by atoms with Gasteiger partial charge in [0.1, 0.15) is 5.60 Å². The molecule has 0 spiro atoms. The Kier molecular flexibility index (Phi) is 5.98. The van der Waals surface area contributed by atoms with Crippen molar-refractivity contribution < 1.29 is 9.53 Å². The molecule has 0 N–H and O–H groups in total. The Labute approximate surface area is 114 Å². The van der Waals surface area contributed by atoms with Gasteiger partial charge in [0.2, 0.25) is 0 Å². The van der Waals surface area contributed by atoms with Gasteiger partial charge in [-0.25, -0.2) is 0 Å². The molecule has 2 atom stereocenters.